The number of methoxy groups -OCH3 is 1. The lowest BCUT2D eigenvalue weighted by atomic mass is 10.1. The number of benzene rings is 1. The summed E-state index contributed by atoms with van der Waals surface area (Å²) in [7, 11) is 1.42. The van der Waals surface area contributed by atoms with Gasteiger partial charge in [-0.15, -0.1) is 0 Å². The molecule has 2 rings (SSSR count). The molecule has 0 aliphatic heterocycles. The molecule has 7 heteroatoms. The van der Waals surface area contributed by atoms with Crippen LogP contribution in [0.3, 0.4) is 0 Å². The molecule has 2 aromatic rings. The highest BCUT2D eigenvalue weighted by molar-refractivity contribution is 6.31. The number of hydrogen-bond donors (Lipinski definition) is 2. The van der Waals surface area contributed by atoms with E-state index in [0.29, 0.717) is 28.6 Å². The summed E-state index contributed by atoms with van der Waals surface area (Å²) in [5.74, 6) is 0.117. The van der Waals surface area contributed by atoms with Gasteiger partial charge in [-0.3, -0.25) is 0 Å². The van der Waals surface area contributed by atoms with Crippen molar-refractivity contribution in [2.24, 2.45) is 0 Å². The monoisotopic (exact) mass is 368 g/mol. The normalized spacial score (nSPS) is 12.3. The first-order chi connectivity index (χ1) is 12.0. The molecular formula is C18H22ClFN2O3. The number of halogens is 2. The van der Waals surface area contributed by atoms with Crippen LogP contribution in [0.1, 0.15) is 31.0 Å². The standard InChI is InChI=1S/C18H22ClFN2O3/c1-11(2)25-18-17(13(19)6-7-21-18)15(10-23)22-9-12-4-5-16(24-3)14(20)8-12/h4-8,11,15,22-23H,9-10H2,1-3H3. The van der Waals surface area contributed by atoms with Crippen LogP contribution in [0.25, 0.3) is 0 Å². The molecule has 1 aromatic carbocycles. The van der Waals surface area contributed by atoms with E-state index in [0.717, 1.165) is 0 Å². The van der Waals surface area contributed by atoms with E-state index in [1.54, 1.807) is 24.4 Å². The summed E-state index contributed by atoms with van der Waals surface area (Å²) in [5, 5.41) is 13.4. The lowest BCUT2D eigenvalue weighted by molar-refractivity contribution is 0.212. The van der Waals surface area contributed by atoms with Gasteiger partial charge in [-0.1, -0.05) is 17.7 Å². The van der Waals surface area contributed by atoms with Crippen LogP contribution in [-0.4, -0.2) is 29.9 Å². The molecule has 1 unspecified atom stereocenters. The minimum Gasteiger partial charge on any atom is -0.494 e. The van der Waals surface area contributed by atoms with E-state index >= 15 is 0 Å². The second-order valence-corrected chi connectivity index (χ2v) is 6.17. The molecule has 1 heterocycles. The fraction of sp³-hybridized carbons (Fsp3) is 0.389. The molecule has 0 aliphatic rings. The van der Waals surface area contributed by atoms with Gasteiger partial charge in [-0.05, 0) is 37.6 Å². The number of rotatable bonds is 8. The van der Waals surface area contributed by atoms with Gasteiger partial charge in [0.05, 0.1) is 36.4 Å². The average molecular weight is 369 g/mol. The third kappa shape index (κ3) is 5.04. The fourth-order valence-corrected chi connectivity index (χ4v) is 2.65. The van der Waals surface area contributed by atoms with E-state index in [9.17, 15) is 9.50 Å². The van der Waals surface area contributed by atoms with Gasteiger partial charge in [0.1, 0.15) is 0 Å². The first-order valence-corrected chi connectivity index (χ1v) is 8.31. The Labute approximate surface area is 151 Å². The molecule has 0 spiro atoms. The molecular weight excluding hydrogens is 347 g/mol. The zero-order valence-corrected chi connectivity index (χ0v) is 15.2. The molecule has 0 amide bonds. The largest absolute Gasteiger partial charge is 0.494 e. The number of nitrogens with zero attached hydrogens (tertiary/aromatic N) is 1. The second kappa shape index (κ2) is 8.99. The van der Waals surface area contributed by atoms with Crippen molar-refractivity contribution in [3.05, 3.63) is 52.4 Å². The van der Waals surface area contributed by atoms with Gasteiger partial charge < -0.3 is 19.9 Å². The van der Waals surface area contributed by atoms with Crippen LogP contribution in [0.15, 0.2) is 30.5 Å². The molecule has 0 saturated carbocycles. The summed E-state index contributed by atoms with van der Waals surface area (Å²) >= 11 is 6.29. The van der Waals surface area contributed by atoms with Crippen molar-refractivity contribution >= 4 is 11.6 Å². The Morgan fingerprint density at radius 3 is 2.68 bits per heavy atom. The molecule has 0 radical (unpaired) electrons. The van der Waals surface area contributed by atoms with Crippen LogP contribution >= 0.6 is 11.6 Å². The Balaban J connectivity index is 2.19. The van der Waals surface area contributed by atoms with E-state index in [1.807, 2.05) is 13.8 Å². The summed E-state index contributed by atoms with van der Waals surface area (Å²) in [6.45, 7) is 3.89. The van der Waals surface area contributed by atoms with Crippen molar-refractivity contribution in [3.63, 3.8) is 0 Å². The Bertz CT molecular complexity index is 713. The highest BCUT2D eigenvalue weighted by Gasteiger charge is 2.21. The molecule has 2 N–H and O–H groups in total. The van der Waals surface area contributed by atoms with Crippen LogP contribution in [-0.2, 0) is 6.54 Å². The Hall–Kier alpha value is -1.89. The Morgan fingerprint density at radius 2 is 2.08 bits per heavy atom. The van der Waals surface area contributed by atoms with Gasteiger partial charge in [0.15, 0.2) is 11.6 Å². The molecule has 0 fully saturated rings. The molecule has 136 valence electrons. The molecule has 5 nitrogen and oxygen atoms in total. The van der Waals surface area contributed by atoms with Crippen LogP contribution in [0.5, 0.6) is 11.6 Å². The fourth-order valence-electron chi connectivity index (χ4n) is 2.38. The second-order valence-electron chi connectivity index (χ2n) is 5.76. The summed E-state index contributed by atoms with van der Waals surface area (Å²) in [4.78, 5) is 4.21. The zero-order chi connectivity index (χ0) is 18.4. The minimum atomic E-state index is -0.500. The van der Waals surface area contributed by atoms with E-state index in [-0.39, 0.29) is 18.5 Å². The maximum absolute atomic E-state index is 13.8. The number of ether oxygens (including phenoxy) is 2. The van der Waals surface area contributed by atoms with Gasteiger partial charge in [-0.2, -0.15) is 0 Å². The molecule has 0 aliphatic carbocycles. The Morgan fingerprint density at radius 1 is 1.32 bits per heavy atom. The van der Waals surface area contributed by atoms with Gasteiger partial charge in [-0.25, -0.2) is 9.37 Å². The first kappa shape index (κ1) is 19.4. The molecule has 0 saturated heterocycles. The number of aliphatic hydroxyl groups is 1. The summed E-state index contributed by atoms with van der Waals surface area (Å²) in [5.41, 5.74) is 1.29. The SMILES string of the molecule is COc1ccc(CNC(CO)c2c(Cl)ccnc2OC(C)C)cc1F. The highest BCUT2D eigenvalue weighted by Crippen LogP contribution is 2.31. The van der Waals surface area contributed by atoms with Crippen molar-refractivity contribution in [1.29, 1.82) is 0 Å². The molecule has 1 atom stereocenters. The number of aromatic nitrogens is 1. The van der Waals surface area contributed by atoms with E-state index in [1.165, 1.54) is 13.2 Å². The van der Waals surface area contributed by atoms with Crippen molar-refractivity contribution < 1.29 is 19.0 Å². The van der Waals surface area contributed by atoms with Crippen molar-refractivity contribution in [2.75, 3.05) is 13.7 Å². The predicted molar refractivity (Wildman–Crippen MR) is 94.6 cm³/mol. The number of aliphatic hydroxyl groups excluding tert-OH is 1. The molecule has 0 bridgehead atoms. The highest BCUT2D eigenvalue weighted by atomic mass is 35.5. The third-order valence-corrected chi connectivity index (χ3v) is 3.88. The zero-order valence-electron chi connectivity index (χ0n) is 14.4. The lowest BCUT2D eigenvalue weighted by Gasteiger charge is -2.21. The van der Waals surface area contributed by atoms with Crippen molar-refractivity contribution in [3.8, 4) is 11.6 Å². The van der Waals surface area contributed by atoms with Crippen molar-refractivity contribution in [2.45, 2.75) is 32.5 Å². The average Bonchev–Trinajstić information content (AvgIpc) is 2.57. The predicted octanol–water partition coefficient (Wildman–Crippen LogP) is 3.49. The molecule has 1 aromatic heterocycles. The number of nitrogens with one attached hydrogen (secondary N) is 1. The first-order valence-electron chi connectivity index (χ1n) is 7.94. The van der Waals surface area contributed by atoms with E-state index in [4.69, 9.17) is 21.1 Å². The van der Waals surface area contributed by atoms with E-state index < -0.39 is 11.9 Å². The maximum Gasteiger partial charge on any atom is 0.219 e. The van der Waals surface area contributed by atoms with Gasteiger partial charge in [0, 0.05) is 12.7 Å². The van der Waals surface area contributed by atoms with Gasteiger partial charge in [0.2, 0.25) is 5.88 Å². The smallest absolute Gasteiger partial charge is 0.219 e. The van der Waals surface area contributed by atoms with Gasteiger partial charge >= 0.3 is 0 Å². The number of hydrogen-bond acceptors (Lipinski definition) is 5. The molecule has 25 heavy (non-hydrogen) atoms. The maximum atomic E-state index is 13.8. The van der Waals surface area contributed by atoms with Crippen LogP contribution in [0.4, 0.5) is 4.39 Å². The quantitative estimate of drug-likeness (QED) is 0.746. The third-order valence-electron chi connectivity index (χ3n) is 3.55. The topological polar surface area (TPSA) is 63.6 Å². The van der Waals surface area contributed by atoms with Crippen molar-refractivity contribution in [1.82, 2.24) is 10.3 Å². The van der Waals surface area contributed by atoms with E-state index in [2.05, 4.69) is 10.3 Å². The summed E-state index contributed by atoms with van der Waals surface area (Å²) in [6.07, 6.45) is 1.47. The van der Waals surface area contributed by atoms with Crippen LogP contribution in [0, 0.1) is 5.82 Å². The minimum absolute atomic E-state index is 0.0836. The van der Waals surface area contributed by atoms with Crippen LogP contribution in [0.2, 0.25) is 5.02 Å². The summed E-state index contributed by atoms with van der Waals surface area (Å²) < 4.78 is 24.4. The Kier molecular flexibility index (Phi) is 6.99. The van der Waals surface area contributed by atoms with Gasteiger partial charge in [0.25, 0.3) is 0 Å². The number of pyridine rings is 1. The summed E-state index contributed by atoms with van der Waals surface area (Å²) in [6, 6.07) is 5.84. The van der Waals surface area contributed by atoms with Crippen LogP contribution < -0.4 is 14.8 Å². The lowest BCUT2D eigenvalue weighted by Crippen LogP contribution is -2.26.